The van der Waals surface area contributed by atoms with Gasteiger partial charge in [-0.3, -0.25) is 9.69 Å². The Hall–Kier alpha value is -3.51. The van der Waals surface area contributed by atoms with Gasteiger partial charge in [0, 0.05) is 43.0 Å². The first-order valence-corrected chi connectivity index (χ1v) is 10.8. The van der Waals surface area contributed by atoms with E-state index in [1.807, 2.05) is 0 Å². The summed E-state index contributed by atoms with van der Waals surface area (Å²) in [7, 11) is 0. The third-order valence-electron chi connectivity index (χ3n) is 6.89. The molecule has 2 aromatic carbocycles. The molecule has 7 nitrogen and oxygen atoms in total. The van der Waals surface area contributed by atoms with Gasteiger partial charge in [-0.1, -0.05) is 12.1 Å². The predicted molar refractivity (Wildman–Crippen MR) is 115 cm³/mol. The molecule has 1 unspecified atom stereocenters. The van der Waals surface area contributed by atoms with Crippen molar-refractivity contribution in [3.05, 3.63) is 53.6 Å². The maximum atomic E-state index is 15.3. The summed E-state index contributed by atoms with van der Waals surface area (Å²) in [5, 5.41) is 15.8. The van der Waals surface area contributed by atoms with Gasteiger partial charge in [-0.25, -0.2) is 13.6 Å². The average molecular weight is 452 g/mol. The number of hydrogen-bond acceptors (Lipinski definition) is 5. The van der Waals surface area contributed by atoms with Crippen LogP contribution in [0.25, 0.3) is 11.1 Å². The number of nitrogens with one attached hydrogen (secondary N) is 2. The minimum atomic E-state index is -0.966. The number of halogens is 2. The zero-order valence-corrected chi connectivity index (χ0v) is 17.9. The Kier molecular flexibility index (Phi) is 5.05. The number of benzene rings is 2. The van der Waals surface area contributed by atoms with E-state index in [0.29, 0.717) is 24.3 Å². The third-order valence-corrected chi connectivity index (χ3v) is 6.89. The van der Waals surface area contributed by atoms with Crippen LogP contribution in [0.2, 0.25) is 0 Å². The van der Waals surface area contributed by atoms with E-state index in [2.05, 4.69) is 16.7 Å². The molecule has 0 bridgehead atoms. The van der Waals surface area contributed by atoms with Crippen molar-refractivity contribution >= 4 is 17.7 Å². The second-order valence-corrected chi connectivity index (χ2v) is 8.73. The molecule has 2 aromatic rings. The fourth-order valence-electron chi connectivity index (χ4n) is 5.29. The maximum absolute atomic E-state index is 15.3. The Morgan fingerprint density at radius 3 is 2.67 bits per heavy atom. The van der Waals surface area contributed by atoms with E-state index >= 15 is 8.78 Å². The Bertz CT molecular complexity index is 1180. The van der Waals surface area contributed by atoms with E-state index in [0.717, 1.165) is 0 Å². The lowest BCUT2D eigenvalue weighted by atomic mass is 9.85. The second kappa shape index (κ2) is 7.81. The van der Waals surface area contributed by atoms with Crippen LogP contribution >= 0.6 is 0 Å². The summed E-state index contributed by atoms with van der Waals surface area (Å²) in [6, 6.07) is 11.1. The minimum Gasteiger partial charge on any atom is -0.442 e. The molecule has 2 heterocycles. The van der Waals surface area contributed by atoms with Gasteiger partial charge in [-0.2, -0.15) is 5.26 Å². The van der Waals surface area contributed by atoms with Gasteiger partial charge >= 0.3 is 6.09 Å². The van der Waals surface area contributed by atoms with Crippen molar-refractivity contribution in [3.63, 3.8) is 0 Å². The SMILES string of the molecule is CC(=O)NC[C@H]1CN(c2ccc(-c3cccc(F)c3C3(C#N)[C@@H]4CNC[C@@H]43)c(F)c2)C(=O)O1. The van der Waals surface area contributed by atoms with Crippen LogP contribution in [-0.4, -0.2) is 44.3 Å². The molecule has 2 aliphatic heterocycles. The van der Waals surface area contributed by atoms with Gasteiger partial charge < -0.3 is 15.4 Å². The molecule has 170 valence electrons. The van der Waals surface area contributed by atoms with Gasteiger partial charge in [0.15, 0.2) is 0 Å². The van der Waals surface area contributed by atoms with E-state index in [4.69, 9.17) is 4.74 Å². The molecular formula is C24H22F2N4O3. The van der Waals surface area contributed by atoms with Crippen LogP contribution in [0.3, 0.4) is 0 Å². The summed E-state index contributed by atoms with van der Waals surface area (Å²) in [5.41, 5.74) is 0.0940. The van der Waals surface area contributed by atoms with E-state index in [1.54, 1.807) is 12.1 Å². The zero-order chi connectivity index (χ0) is 23.3. The minimum absolute atomic E-state index is 0.000370. The number of anilines is 1. The van der Waals surface area contributed by atoms with Crippen LogP contribution < -0.4 is 15.5 Å². The fourth-order valence-corrected chi connectivity index (χ4v) is 5.29. The molecule has 3 aliphatic rings. The molecule has 2 amide bonds. The molecule has 0 radical (unpaired) electrons. The summed E-state index contributed by atoms with van der Waals surface area (Å²) < 4.78 is 35.6. The number of fused-ring (bicyclic) bond motifs is 1. The van der Waals surface area contributed by atoms with E-state index in [-0.39, 0.29) is 42.0 Å². The van der Waals surface area contributed by atoms with Crippen molar-refractivity contribution in [2.45, 2.75) is 18.4 Å². The second-order valence-electron chi connectivity index (χ2n) is 8.73. The lowest BCUT2D eigenvalue weighted by Gasteiger charge is -2.20. The predicted octanol–water partition coefficient (Wildman–Crippen LogP) is 2.70. The number of rotatable bonds is 5. The van der Waals surface area contributed by atoms with Gasteiger partial charge in [0.25, 0.3) is 0 Å². The number of nitrogens with zero attached hydrogens (tertiary/aromatic N) is 2. The summed E-state index contributed by atoms with van der Waals surface area (Å²) in [4.78, 5) is 24.7. The Labute approximate surface area is 189 Å². The zero-order valence-electron chi connectivity index (χ0n) is 17.9. The molecule has 0 spiro atoms. The van der Waals surface area contributed by atoms with Gasteiger partial charge in [-0.15, -0.1) is 0 Å². The van der Waals surface area contributed by atoms with Crippen molar-refractivity contribution in [1.82, 2.24) is 10.6 Å². The Morgan fingerprint density at radius 1 is 1.24 bits per heavy atom. The molecule has 1 saturated carbocycles. The first-order valence-electron chi connectivity index (χ1n) is 10.8. The van der Waals surface area contributed by atoms with Gasteiger partial charge in [0.1, 0.15) is 17.7 Å². The van der Waals surface area contributed by atoms with Crippen molar-refractivity contribution in [2.75, 3.05) is 31.1 Å². The normalized spacial score (nSPS) is 27.6. The summed E-state index contributed by atoms with van der Waals surface area (Å²) in [6.45, 7) is 2.95. The number of hydrogen-bond donors (Lipinski definition) is 2. The molecule has 0 aromatic heterocycles. The molecule has 9 heteroatoms. The Balaban J connectivity index is 1.46. The van der Waals surface area contributed by atoms with Crippen LogP contribution in [0.15, 0.2) is 36.4 Å². The summed E-state index contributed by atoms with van der Waals surface area (Å²) in [5.74, 6) is -1.39. The van der Waals surface area contributed by atoms with Crippen molar-refractivity contribution in [1.29, 1.82) is 5.26 Å². The van der Waals surface area contributed by atoms with Gasteiger partial charge in [0.2, 0.25) is 5.91 Å². The van der Waals surface area contributed by atoms with Crippen LogP contribution in [0.1, 0.15) is 12.5 Å². The lowest BCUT2D eigenvalue weighted by Crippen LogP contribution is -2.33. The molecule has 3 fully saturated rings. The van der Waals surface area contributed by atoms with Crippen LogP contribution in [0.4, 0.5) is 19.3 Å². The highest BCUT2D eigenvalue weighted by molar-refractivity contribution is 5.90. The molecule has 5 rings (SSSR count). The Morgan fingerprint density at radius 2 is 2.00 bits per heavy atom. The molecule has 33 heavy (non-hydrogen) atoms. The quantitative estimate of drug-likeness (QED) is 0.728. The molecule has 2 N–H and O–H groups in total. The van der Waals surface area contributed by atoms with Crippen molar-refractivity contribution < 1.29 is 23.1 Å². The van der Waals surface area contributed by atoms with Gasteiger partial charge in [0.05, 0.1) is 30.3 Å². The number of cyclic esters (lactones) is 1. The van der Waals surface area contributed by atoms with E-state index < -0.39 is 29.2 Å². The monoisotopic (exact) mass is 452 g/mol. The number of amides is 2. The number of nitriles is 1. The molecular weight excluding hydrogens is 430 g/mol. The highest BCUT2D eigenvalue weighted by Crippen LogP contribution is 2.63. The highest BCUT2D eigenvalue weighted by atomic mass is 19.1. The first-order chi connectivity index (χ1) is 15.9. The molecule has 4 atom stereocenters. The molecule has 2 saturated heterocycles. The number of carbonyl (C=O) groups is 2. The fraction of sp³-hybridized carbons (Fsp3) is 0.375. The average Bonchev–Trinajstić information content (AvgIpc) is 3.11. The highest BCUT2D eigenvalue weighted by Gasteiger charge is 2.69. The van der Waals surface area contributed by atoms with E-state index in [9.17, 15) is 14.9 Å². The topological polar surface area (TPSA) is 94.5 Å². The summed E-state index contributed by atoms with van der Waals surface area (Å²) >= 11 is 0. The summed E-state index contributed by atoms with van der Waals surface area (Å²) in [6.07, 6.45) is -1.18. The number of ether oxygens (including phenoxy) is 1. The maximum Gasteiger partial charge on any atom is 0.414 e. The number of piperidine rings is 1. The van der Waals surface area contributed by atoms with Crippen molar-refractivity contribution in [3.8, 4) is 17.2 Å². The van der Waals surface area contributed by atoms with Crippen LogP contribution in [0, 0.1) is 34.8 Å². The lowest BCUT2D eigenvalue weighted by molar-refractivity contribution is -0.119. The van der Waals surface area contributed by atoms with Gasteiger partial charge in [-0.05, 0) is 29.8 Å². The van der Waals surface area contributed by atoms with E-state index in [1.165, 1.54) is 36.1 Å². The van der Waals surface area contributed by atoms with Crippen LogP contribution in [0.5, 0.6) is 0 Å². The largest absolute Gasteiger partial charge is 0.442 e. The molecule has 1 aliphatic carbocycles. The van der Waals surface area contributed by atoms with Crippen molar-refractivity contribution in [2.24, 2.45) is 11.8 Å². The smallest absolute Gasteiger partial charge is 0.414 e. The third kappa shape index (κ3) is 3.33. The number of carbonyl (C=O) groups excluding carboxylic acids is 2. The standard InChI is InChI=1S/C24H22F2N4O3/c1-13(31)29-8-15-11-30(23(32)33-15)14-5-6-16(21(26)7-14)17-3-2-4-20(25)22(17)24(12-27)18-9-28-10-19(18)24/h2-7,15,18-19,28H,8-11H2,1H3,(H,29,31)/t15-,18-,19+,24?/m0/s1. The van der Waals surface area contributed by atoms with Crippen LogP contribution in [-0.2, 0) is 14.9 Å². The first kappa shape index (κ1) is 21.3.